The number of halogens is 1. The molecular formula is C27H30FN3O3S. The molecule has 0 unspecified atom stereocenters. The van der Waals surface area contributed by atoms with Crippen LogP contribution in [0.3, 0.4) is 0 Å². The van der Waals surface area contributed by atoms with Crippen LogP contribution in [0.2, 0.25) is 0 Å². The molecule has 1 fully saturated rings. The van der Waals surface area contributed by atoms with Crippen molar-refractivity contribution in [3.63, 3.8) is 0 Å². The summed E-state index contributed by atoms with van der Waals surface area (Å²) < 4.78 is 39.7. The highest BCUT2D eigenvalue weighted by molar-refractivity contribution is 7.88. The van der Waals surface area contributed by atoms with Crippen molar-refractivity contribution in [2.45, 2.75) is 18.5 Å². The minimum atomic E-state index is -3.56. The molecule has 1 aliphatic rings. The summed E-state index contributed by atoms with van der Waals surface area (Å²) in [5, 5.41) is 0. The Labute approximate surface area is 206 Å². The van der Waals surface area contributed by atoms with Crippen LogP contribution >= 0.6 is 0 Å². The standard InChI is InChI=1S/C27H30FN3O3S/c1-35(33,34)29-25(21-12-14-24(28)15-13-21)20-26(32)30-16-18-31(19-17-30)27(22-8-4-2-5-9-22)23-10-6-3-7-11-23/h2-15,25,27,29H,16-20H2,1H3/t25-/m0/s1. The van der Waals surface area contributed by atoms with E-state index in [1.165, 1.54) is 35.4 Å². The maximum Gasteiger partial charge on any atom is 0.224 e. The molecule has 3 aromatic carbocycles. The first-order valence-electron chi connectivity index (χ1n) is 11.6. The van der Waals surface area contributed by atoms with Gasteiger partial charge in [0.1, 0.15) is 5.82 Å². The Morgan fingerprint density at radius 3 is 1.83 bits per heavy atom. The number of piperazine rings is 1. The Balaban J connectivity index is 1.45. The summed E-state index contributed by atoms with van der Waals surface area (Å²) in [4.78, 5) is 17.3. The third-order valence-corrected chi connectivity index (χ3v) is 6.98. The molecule has 1 saturated heterocycles. The molecule has 6 nitrogen and oxygen atoms in total. The largest absolute Gasteiger partial charge is 0.340 e. The van der Waals surface area contributed by atoms with E-state index in [0.29, 0.717) is 31.7 Å². The number of rotatable bonds is 8. The van der Waals surface area contributed by atoms with Gasteiger partial charge in [-0.2, -0.15) is 0 Å². The highest BCUT2D eigenvalue weighted by atomic mass is 32.2. The quantitative estimate of drug-likeness (QED) is 0.517. The number of sulfonamides is 1. The van der Waals surface area contributed by atoms with E-state index in [1.54, 1.807) is 4.90 Å². The van der Waals surface area contributed by atoms with Crippen LogP contribution in [-0.4, -0.2) is 56.6 Å². The van der Waals surface area contributed by atoms with Gasteiger partial charge in [0.05, 0.1) is 18.3 Å². The smallest absolute Gasteiger partial charge is 0.224 e. The van der Waals surface area contributed by atoms with Gasteiger partial charge < -0.3 is 4.90 Å². The van der Waals surface area contributed by atoms with Gasteiger partial charge in [-0.1, -0.05) is 72.8 Å². The lowest BCUT2D eigenvalue weighted by Gasteiger charge is -2.40. The molecule has 0 saturated carbocycles. The number of nitrogens with zero attached hydrogens (tertiary/aromatic N) is 2. The van der Waals surface area contributed by atoms with Gasteiger partial charge in [0.25, 0.3) is 0 Å². The van der Waals surface area contributed by atoms with Gasteiger partial charge >= 0.3 is 0 Å². The summed E-state index contributed by atoms with van der Waals surface area (Å²) in [7, 11) is -3.56. The minimum Gasteiger partial charge on any atom is -0.340 e. The predicted molar refractivity (Wildman–Crippen MR) is 135 cm³/mol. The zero-order chi connectivity index (χ0) is 24.8. The van der Waals surface area contributed by atoms with Crippen LogP contribution < -0.4 is 4.72 Å². The van der Waals surface area contributed by atoms with E-state index in [1.807, 2.05) is 36.4 Å². The zero-order valence-electron chi connectivity index (χ0n) is 19.7. The van der Waals surface area contributed by atoms with Crippen LogP contribution in [-0.2, 0) is 14.8 Å². The van der Waals surface area contributed by atoms with Crippen molar-refractivity contribution in [1.82, 2.24) is 14.5 Å². The van der Waals surface area contributed by atoms with E-state index in [2.05, 4.69) is 33.9 Å². The van der Waals surface area contributed by atoms with E-state index in [-0.39, 0.29) is 18.4 Å². The van der Waals surface area contributed by atoms with Crippen LogP contribution in [0.4, 0.5) is 4.39 Å². The monoisotopic (exact) mass is 495 g/mol. The maximum absolute atomic E-state index is 13.4. The minimum absolute atomic E-state index is 0.0283. The first kappa shape index (κ1) is 25.0. The van der Waals surface area contributed by atoms with Crippen molar-refractivity contribution < 1.29 is 17.6 Å². The highest BCUT2D eigenvalue weighted by Crippen LogP contribution is 2.30. The van der Waals surface area contributed by atoms with Gasteiger partial charge in [-0.15, -0.1) is 0 Å². The lowest BCUT2D eigenvalue weighted by atomic mass is 9.96. The van der Waals surface area contributed by atoms with Crippen molar-refractivity contribution in [3.05, 3.63) is 107 Å². The second-order valence-electron chi connectivity index (χ2n) is 8.84. The number of nitrogens with one attached hydrogen (secondary N) is 1. The number of benzene rings is 3. The Hall–Kier alpha value is -3.07. The van der Waals surface area contributed by atoms with E-state index in [4.69, 9.17) is 0 Å². The molecular weight excluding hydrogens is 465 g/mol. The molecule has 1 atom stereocenters. The summed E-state index contributed by atoms with van der Waals surface area (Å²) in [5.41, 5.74) is 2.96. The molecule has 0 spiro atoms. The molecule has 8 heteroatoms. The number of carbonyl (C=O) groups is 1. The number of carbonyl (C=O) groups excluding carboxylic acids is 1. The van der Waals surface area contributed by atoms with Crippen LogP contribution in [0.25, 0.3) is 0 Å². The molecule has 1 heterocycles. The molecule has 184 valence electrons. The molecule has 0 aromatic heterocycles. The Morgan fingerprint density at radius 1 is 0.829 bits per heavy atom. The van der Waals surface area contributed by atoms with Gasteiger partial charge in [-0.25, -0.2) is 17.5 Å². The van der Waals surface area contributed by atoms with Crippen LogP contribution in [0.5, 0.6) is 0 Å². The molecule has 1 N–H and O–H groups in total. The maximum atomic E-state index is 13.4. The van der Waals surface area contributed by atoms with Crippen molar-refractivity contribution >= 4 is 15.9 Å². The first-order valence-corrected chi connectivity index (χ1v) is 13.5. The van der Waals surface area contributed by atoms with Gasteiger partial charge in [-0.3, -0.25) is 9.69 Å². The molecule has 4 rings (SSSR count). The van der Waals surface area contributed by atoms with Crippen LogP contribution in [0.1, 0.15) is 35.2 Å². The van der Waals surface area contributed by atoms with Crippen LogP contribution in [0, 0.1) is 5.82 Å². The lowest BCUT2D eigenvalue weighted by molar-refractivity contribution is -0.133. The van der Waals surface area contributed by atoms with Crippen molar-refractivity contribution in [2.75, 3.05) is 32.4 Å². The average Bonchev–Trinajstić information content (AvgIpc) is 2.85. The fourth-order valence-electron chi connectivity index (χ4n) is 4.60. The molecule has 35 heavy (non-hydrogen) atoms. The summed E-state index contributed by atoms with van der Waals surface area (Å²) in [5.74, 6) is -0.549. The third-order valence-electron chi connectivity index (χ3n) is 6.27. The summed E-state index contributed by atoms with van der Waals surface area (Å²) in [6.07, 6.45) is 1.03. The van der Waals surface area contributed by atoms with Gasteiger partial charge in [0.2, 0.25) is 15.9 Å². The highest BCUT2D eigenvalue weighted by Gasteiger charge is 2.30. The van der Waals surface area contributed by atoms with Crippen molar-refractivity contribution in [3.8, 4) is 0 Å². The Bertz CT molecular complexity index is 1170. The zero-order valence-corrected chi connectivity index (χ0v) is 20.5. The van der Waals surface area contributed by atoms with E-state index >= 15 is 0 Å². The van der Waals surface area contributed by atoms with Gasteiger partial charge in [0, 0.05) is 32.6 Å². The summed E-state index contributed by atoms with van der Waals surface area (Å²) in [6.45, 7) is 2.48. The number of hydrogen-bond acceptors (Lipinski definition) is 4. The molecule has 1 aliphatic heterocycles. The summed E-state index contributed by atoms with van der Waals surface area (Å²) >= 11 is 0. The molecule has 1 amide bonds. The Kier molecular flexibility index (Phi) is 7.95. The first-order chi connectivity index (χ1) is 16.8. The summed E-state index contributed by atoms with van der Waals surface area (Å²) in [6, 6.07) is 25.5. The van der Waals surface area contributed by atoms with E-state index in [9.17, 15) is 17.6 Å². The lowest BCUT2D eigenvalue weighted by Crippen LogP contribution is -2.50. The second kappa shape index (κ2) is 11.1. The fourth-order valence-corrected chi connectivity index (χ4v) is 5.34. The SMILES string of the molecule is CS(=O)(=O)N[C@@H](CC(=O)N1CCN(C(c2ccccc2)c2ccccc2)CC1)c1ccc(F)cc1. The predicted octanol–water partition coefficient (Wildman–Crippen LogP) is 3.74. The normalized spacial score (nSPS) is 15.8. The van der Waals surface area contributed by atoms with Gasteiger partial charge in [-0.05, 0) is 28.8 Å². The molecule has 3 aromatic rings. The Morgan fingerprint density at radius 2 is 1.34 bits per heavy atom. The molecule has 0 radical (unpaired) electrons. The molecule has 0 aliphatic carbocycles. The van der Waals surface area contributed by atoms with Crippen LogP contribution in [0.15, 0.2) is 84.9 Å². The second-order valence-corrected chi connectivity index (χ2v) is 10.6. The number of hydrogen-bond donors (Lipinski definition) is 1. The van der Waals surface area contributed by atoms with Gasteiger partial charge in [0.15, 0.2) is 0 Å². The van der Waals surface area contributed by atoms with Crippen molar-refractivity contribution in [1.29, 1.82) is 0 Å². The fraction of sp³-hybridized carbons (Fsp3) is 0.296. The topological polar surface area (TPSA) is 69.7 Å². The average molecular weight is 496 g/mol. The molecule has 0 bridgehead atoms. The number of amides is 1. The van der Waals surface area contributed by atoms with E-state index < -0.39 is 21.9 Å². The van der Waals surface area contributed by atoms with E-state index in [0.717, 1.165) is 6.26 Å². The van der Waals surface area contributed by atoms with Crippen molar-refractivity contribution in [2.24, 2.45) is 0 Å². The third kappa shape index (κ3) is 6.75.